The fraction of sp³-hybridized carbons (Fsp3) is 0.690. The second kappa shape index (κ2) is 11.0. The van der Waals surface area contributed by atoms with E-state index in [0.717, 1.165) is 63.7 Å². The number of rotatable bonds is 8. The maximum Gasteiger partial charge on any atom is 0.418 e. The van der Waals surface area contributed by atoms with Gasteiger partial charge in [-0.3, -0.25) is 13.9 Å². The van der Waals surface area contributed by atoms with Gasteiger partial charge < -0.3 is 9.30 Å². The number of fused-ring (bicyclic) bond motifs is 1. The molecule has 6 rings (SSSR count). The van der Waals surface area contributed by atoms with Gasteiger partial charge >= 0.3 is 11.9 Å². The Kier molecular flexibility index (Phi) is 7.54. The average Bonchev–Trinajstić information content (AvgIpc) is 3.60. The van der Waals surface area contributed by atoms with E-state index < -0.39 is 11.7 Å². The molecule has 2 aliphatic carbocycles. The van der Waals surface area contributed by atoms with Crippen molar-refractivity contribution in [3.8, 4) is 0 Å². The topological polar surface area (TPSA) is 69.6 Å². The molecule has 11 heteroatoms. The summed E-state index contributed by atoms with van der Waals surface area (Å²) in [6.07, 6.45) is 9.22. The lowest BCUT2D eigenvalue weighted by Crippen LogP contribution is -2.34. The molecule has 0 aromatic carbocycles. The van der Waals surface area contributed by atoms with Crippen LogP contribution in [0.2, 0.25) is 0 Å². The zero-order chi connectivity index (χ0) is 28.0. The van der Waals surface area contributed by atoms with Crippen LogP contribution < -0.4 is 5.69 Å². The van der Waals surface area contributed by atoms with Gasteiger partial charge in [0.15, 0.2) is 0 Å². The van der Waals surface area contributed by atoms with Gasteiger partial charge in [-0.05, 0) is 75.0 Å². The van der Waals surface area contributed by atoms with Crippen LogP contribution in [0.3, 0.4) is 0 Å². The van der Waals surface area contributed by atoms with E-state index in [1.807, 2.05) is 11.6 Å². The fourth-order valence-corrected chi connectivity index (χ4v) is 7.54. The van der Waals surface area contributed by atoms with E-state index in [1.165, 1.54) is 23.1 Å². The zero-order valence-corrected chi connectivity index (χ0v) is 23.3. The Hall–Kier alpha value is -2.66. The van der Waals surface area contributed by atoms with Crippen molar-refractivity contribution in [2.75, 3.05) is 20.3 Å². The summed E-state index contributed by atoms with van der Waals surface area (Å²) in [5.41, 5.74) is -0.706. The Bertz CT molecular complexity index is 1390. The standard InChI is InChI=1S/C29H39F3N6O2/c1-35-18-33-34-27(35)26(20-6-3-7-20)21-8-4-9-22(13-21)37-16-25-24(29(30,31)32)12-19(15-38(25)28(37)39)14-36-11-5-10-23(36)17-40-2/h12,15-16,18,20-23,26H,3-11,13-14,17H2,1-2H3/t21?,22?,23-,26-/m0/s1. The number of hydrogen-bond acceptors (Lipinski definition) is 5. The second-order valence-corrected chi connectivity index (χ2v) is 12.2. The number of halogens is 3. The molecule has 40 heavy (non-hydrogen) atoms. The Labute approximate surface area is 232 Å². The minimum atomic E-state index is -4.56. The molecule has 3 aliphatic rings. The summed E-state index contributed by atoms with van der Waals surface area (Å²) in [5, 5.41) is 8.58. The van der Waals surface area contributed by atoms with Crippen molar-refractivity contribution in [3.63, 3.8) is 0 Å². The predicted molar refractivity (Wildman–Crippen MR) is 144 cm³/mol. The van der Waals surface area contributed by atoms with Gasteiger partial charge in [0, 0.05) is 51.1 Å². The lowest BCUT2D eigenvalue weighted by atomic mass is 9.66. The Balaban J connectivity index is 1.33. The monoisotopic (exact) mass is 560 g/mol. The molecule has 218 valence electrons. The van der Waals surface area contributed by atoms with E-state index in [9.17, 15) is 18.0 Å². The number of ether oxygens (including phenoxy) is 1. The molecule has 2 unspecified atom stereocenters. The first kappa shape index (κ1) is 27.5. The van der Waals surface area contributed by atoms with Crippen molar-refractivity contribution in [1.29, 1.82) is 0 Å². The molecule has 1 saturated heterocycles. The highest BCUT2D eigenvalue weighted by atomic mass is 19.4. The maximum absolute atomic E-state index is 14.3. The summed E-state index contributed by atoms with van der Waals surface area (Å²) in [6.45, 7) is 1.71. The summed E-state index contributed by atoms with van der Waals surface area (Å²) in [7, 11) is 3.62. The van der Waals surface area contributed by atoms with Crippen LogP contribution in [0.25, 0.3) is 5.52 Å². The quantitative estimate of drug-likeness (QED) is 0.380. The Morgan fingerprint density at radius 2 is 1.85 bits per heavy atom. The second-order valence-electron chi connectivity index (χ2n) is 12.2. The van der Waals surface area contributed by atoms with E-state index in [0.29, 0.717) is 30.6 Å². The lowest BCUT2D eigenvalue weighted by Gasteiger charge is -2.41. The molecule has 0 bridgehead atoms. The normalized spacial score (nSPS) is 25.5. The third kappa shape index (κ3) is 5.11. The van der Waals surface area contributed by atoms with E-state index in [4.69, 9.17) is 4.74 Å². The molecule has 0 N–H and O–H groups in total. The first-order valence-electron chi connectivity index (χ1n) is 14.6. The van der Waals surface area contributed by atoms with E-state index in [2.05, 4.69) is 15.1 Å². The Morgan fingerprint density at radius 1 is 1.07 bits per heavy atom. The van der Waals surface area contributed by atoms with Crippen LogP contribution in [0.5, 0.6) is 0 Å². The molecule has 0 radical (unpaired) electrons. The highest BCUT2D eigenvalue weighted by molar-refractivity contribution is 5.56. The average molecular weight is 561 g/mol. The number of pyridine rings is 1. The molecule has 2 saturated carbocycles. The molecule has 0 amide bonds. The number of nitrogens with zero attached hydrogens (tertiary/aromatic N) is 6. The zero-order valence-electron chi connectivity index (χ0n) is 23.3. The highest BCUT2D eigenvalue weighted by Crippen LogP contribution is 2.49. The minimum absolute atomic E-state index is 0.0675. The van der Waals surface area contributed by atoms with E-state index in [-0.39, 0.29) is 29.2 Å². The molecule has 8 nitrogen and oxygen atoms in total. The first-order chi connectivity index (χ1) is 19.2. The third-order valence-corrected chi connectivity index (χ3v) is 9.69. The van der Waals surface area contributed by atoms with E-state index >= 15 is 0 Å². The summed E-state index contributed by atoms with van der Waals surface area (Å²) in [5.74, 6) is 2.10. The summed E-state index contributed by atoms with van der Waals surface area (Å²) in [4.78, 5) is 15.9. The Morgan fingerprint density at radius 3 is 2.52 bits per heavy atom. The van der Waals surface area contributed by atoms with Gasteiger partial charge in [0.05, 0.1) is 17.7 Å². The molecular formula is C29H39F3N6O2. The van der Waals surface area contributed by atoms with Crippen molar-refractivity contribution in [3.05, 3.63) is 52.2 Å². The van der Waals surface area contributed by atoms with Crippen LogP contribution >= 0.6 is 0 Å². The molecule has 4 atom stereocenters. The lowest BCUT2D eigenvalue weighted by molar-refractivity contribution is -0.136. The van der Waals surface area contributed by atoms with Crippen LogP contribution in [0.4, 0.5) is 13.2 Å². The van der Waals surface area contributed by atoms with Gasteiger partial charge in [-0.2, -0.15) is 13.2 Å². The maximum atomic E-state index is 14.3. The van der Waals surface area contributed by atoms with Gasteiger partial charge in [-0.25, -0.2) is 4.79 Å². The van der Waals surface area contributed by atoms with E-state index in [1.54, 1.807) is 24.2 Å². The van der Waals surface area contributed by atoms with Crippen molar-refractivity contribution in [1.82, 2.24) is 28.6 Å². The fourth-order valence-electron chi connectivity index (χ4n) is 7.54. The van der Waals surface area contributed by atoms with Gasteiger partial charge in [0.25, 0.3) is 0 Å². The van der Waals surface area contributed by atoms with Crippen LogP contribution in [0.15, 0.2) is 29.6 Å². The van der Waals surface area contributed by atoms with Crippen LogP contribution in [0, 0.1) is 11.8 Å². The largest absolute Gasteiger partial charge is 0.418 e. The number of aryl methyl sites for hydroxylation is 1. The molecule has 3 fully saturated rings. The number of methoxy groups -OCH3 is 1. The highest BCUT2D eigenvalue weighted by Gasteiger charge is 2.40. The van der Waals surface area contributed by atoms with Gasteiger partial charge in [-0.15, -0.1) is 10.2 Å². The van der Waals surface area contributed by atoms with Gasteiger partial charge in [0.2, 0.25) is 0 Å². The first-order valence-corrected chi connectivity index (χ1v) is 14.6. The predicted octanol–water partition coefficient (Wildman–Crippen LogP) is 5.17. The molecule has 1 aliphatic heterocycles. The molecule has 0 spiro atoms. The molecule has 3 aromatic rings. The van der Waals surface area contributed by atoms with Crippen molar-refractivity contribution in [2.24, 2.45) is 18.9 Å². The number of aromatic nitrogens is 5. The molecule has 4 heterocycles. The SMILES string of the molecule is COC[C@@H]1CCCN1Cc1cc(C(F)(F)F)c2cn(C3CCCC([C@@H](c4nncn4C)C4CCC4)C3)c(=O)n2c1. The summed E-state index contributed by atoms with van der Waals surface area (Å²) < 4.78 is 53.1. The van der Waals surface area contributed by atoms with Gasteiger partial charge in [0.1, 0.15) is 12.2 Å². The smallest absolute Gasteiger partial charge is 0.383 e. The number of hydrogen-bond donors (Lipinski definition) is 0. The van der Waals surface area contributed by atoms with Crippen LogP contribution in [-0.4, -0.2) is 54.9 Å². The number of alkyl halides is 3. The number of imidazole rings is 1. The van der Waals surface area contributed by atoms with Crippen molar-refractivity contribution < 1.29 is 17.9 Å². The molecule has 3 aromatic heterocycles. The van der Waals surface area contributed by atoms with Crippen molar-refractivity contribution in [2.45, 2.75) is 88.5 Å². The number of likely N-dealkylation sites (tertiary alicyclic amines) is 1. The minimum Gasteiger partial charge on any atom is -0.383 e. The molecular weight excluding hydrogens is 521 g/mol. The van der Waals surface area contributed by atoms with Crippen LogP contribution in [0.1, 0.15) is 86.7 Å². The van der Waals surface area contributed by atoms with Crippen LogP contribution in [-0.2, 0) is 24.5 Å². The van der Waals surface area contributed by atoms with Gasteiger partial charge in [-0.1, -0.05) is 12.8 Å². The summed E-state index contributed by atoms with van der Waals surface area (Å²) in [6, 6.07) is 1.26. The summed E-state index contributed by atoms with van der Waals surface area (Å²) >= 11 is 0. The van der Waals surface area contributed by atoms with Crippen molar-refractivity contribution >= 4 is 5.52 Å². The third-order valence-electron chi connectivity index (χ3n) is 9.69.